The molecular weight excluding hydrogens is 626 g/mol. The fourth-order valence-corrected chi connectivity index (χ4v) is 4.84. The molecular formula is C30H23Br2N3O4. The van der Waals surface area contributed by atoms with Crippen LogP contribution >= 0.6 is 31.9 Å². The summed E-state index contributed by atoms with van der Waals surface area (Å²) in [6, 6.07) is 24.2. The van der Waals surface area contributed by atoms with Crippen LogP contribution in [0.2, 0.25) is 0 Å². The number of hydrogen-bond acceptors (Lipinski definition) is 5. The predicted octanol–water partition coefficient (Wildman–Crippen LogP) is 7.06. The molecule has 0 spiro atoms. The molecule has 7 nitrogen and oxygen atoms in total. The van der Waals surface area contributed by atoms with Gasteiger partial charge < -0.3 is 10.1 Å². The lowest BCUT2D eigenvalue weighted by Crippen LogP contribution is -2.18. The molecule has 9 heteroatoms. The zero-order chi connectivity index (χ0) is 27.9. The van der Waals surface area contributed by atoms with Gasteiger partial charge in [-0.2, -0.15) is 5.10 Å². The van der Waals surface area contributed by atoms with E-state index in [9.17, 15) is 14.4 Å². The minimum atomic E-state index is -0.527. The molecule has 0 aromatic heterocycles. The smallest absolute Gasteiger partial charge is 0.343 e. The number of carbonyl (C=O) groups excluding carboxylic acids is 3. The summed E-state index contributed by atoms with van der Waals surface area (Å²) in [5.74, 6) is -1.03. The van der Waals surface area contributed by atoms with E-state index in [2.05, 4.69) is 47.7 Å². The average molecular weight is 649 g/mol. The van der Waals surface area contributed by atoms with Crippen LogP contribution in [0.4, 0.5) is 5.69 Å². The number of amides is 2. The molecule has 0 fully saturated rings. The molecule has 0 bridgehead atoms. The minimum Gasteiger partial charge on any atom is -0.421 e. The van der Waals surface area contributed by atoms with Gasteiger partial charge in [0.1, 0.15) is 0 Å². The highest BCUT2D eigenvalue weighted by atomic mass is 79.9. The van der Waals surface area contributed by atoms with E-state index in [4.69, 9.17) is 4.74 Å². The standard InChI is InChI=1S/C30H23Br2N3O4/c1-18-6-10-20(11-7-18)28(36)34-25-5-3-4-22(15-25)29(37)35-33-17-23-14-24(31)16-26(32)27(23)39-30(38)21-12-8-19(2)9-13-21/h3-17H,1-2H3,(H,34,36)(H,35,37). The maximum atomic E-state index is 12.7. The van der Waals surface area contributed by atoms with E-state index in [0.717, 1.165) is 11.1 Å². The summed E-state index contributed by atoms with van der Waals surface area (Å²) in [5, 5.41) is 6.85. The molecule has 2 N–H and O–H groups in total. The Morgan fingerprint density at radius 2 is 1.41 bits per heavy atom. The van der Waals surface area contributed by atoms with Crippen LogP contribution in [0.3, 0.4) is 0 Å². The molecule has 0 radical (unpaired) electrons. The van der Waals surface area contributed by atoms with Gasteiger partial charge in [0.05, 0.1) is 16.3 Å². The van der Waals surface area contributed by atoms with Gasteiger partial charge in [0.15, 0.2) is 5.75 Å². The first-order chi connectivity index (χ1) is 18.7. The van der Waals surface area contributed by atoms with Gasteiger partial charge in [-0.25, -0.2) is 10.2 Å². The van der Waals surface area contributed by atoms with Crippen molar-refractivity contribution in [1.29, 1.82) is 0 Å². The number of nitrogens with one attached hydrogen (secondary N) is 2. The fourth-order valence-electron chi connectivity index (χ4n) is 3.50. The van der Waals surface area contributed by atoms with Crippen LogP contribution in [0.1, 0.15) is 47.8 Å². The van der Waals surface area contributed by atoms with Crippen molar-refractivity contribution in [3.63, 3.8) is 0 Å². The monoisotopic (exact) mass is 647 g/mol. The molecule has 0 atom stereocenters. The molecule has 0 saturated carbocycles. The summed E-state index contributed by atoms with van der Waals surface area (Å²) in [6.07, 6.45) is 1.38. The Morgan fingerprint density at radius 3 is 2.08 bits per heavy atom. The molecule has 0 unspecified atom stereocenters. The summed E-state index contributed by atoms with van der Waals surface area (Å²) in [6.45, 7) is 3.88. The highest BCUT2D eigenvalue weighted by Gasteiger charge is 2.16. The predicted molar refractivity (Wildman–Crippen MR) is 159 cm³/mol. The third kappa shape index (κ3) is 7.49. The van der Waals surface area contributed by atoms with Crippen LogP contribution in [0.15, 0.2) is 99.0 Å². The molecule has 39 heavy (non-hydrogen) atoms. The van der Waals surface area contributed by atoms with Gasteiger partial charge in [-0.15, -0.1) is 0 Å². The molecule has 0 saturated heterocycles. The zero-order valence-corrected chi connectivity index (χ0v) is 24.2. The lowest BCUT2D eigenvalue weighted by molar-refractivity contribution is 0.0732. The number of benzene rings is 4. The number of aryl methyl sites for hydroxylation is 2. The minimum absolute atomic E-state index is 0.252. The van der Waals surface area contributed by atoms with E-state index in [1.54, 1.807) is 60.7 Å². The topological polar surface area (TPSA) is 96.9 Å². The third-order valence-corrected chi connectivity index (χ3v) is 6.63. The lowest BCUT2D eigenvalue weighted by atomic mass is 10.1. The number of carbonyl (C=O) groups is 3. The normalized spacial score (nSPS) is 10.8. The molecule has 196 valence electrons. The maximum absolute atomic E-state index is 12.7. The van der Waals surface area contributed by atoms with Crippen LogP contribution in [-0.4, -0.2) is 24.0 Å². The molecule has 2 amide bonds. The molecule has 0 aliphatic heterocycles. The van der Waals surface area contributed by atoms with Crippen LogP contribution in [0.25, 0.3) is 0 Å². The van der Waals surface area contributed by atoms with Crippen molar-refractivity contribution in [2.75, 3.05) is 5.32 Å². The number of anilines is 1. The largest absolute Gasteiger partial charge is 0.421 e. The van der Waals surface area contributed by atoms with Crippen LogP contribution in [0, 0.1) is 13.8 Å². The van der Waals surface area contributed by atoms with Crippen molar-refractivity contribution in [3.8, 4) is 5.75 Å². The Morgan fingerprint density at radius 1 is 0.769 bits per heavy atom. The highest BCUT2D eigenvalue weighted by molar-refractivity contribution is 9.11. The number of hydrazone groups is 1. The van der Waals surface area contributed by atoms with Crippen molar-refractivity contribution >= 4 is 61.5 Å². The van der Waals surface area contributed by atoms with Gasteiger partial charge in [0.2, 0.25) is 0 Å². The Balaban J connectivity index is 1.45. The van der Waals surface area contributed by atoms with Gasteiger partial charge in [-0.05, 0) is 84.4 Å². The lowest BCUT2D eigenvalue weighted by Gasteiger charge is -2.11. The molecule has 4 aromatic carbocycles. The van der Waals surface area contributed by atoms with Gasteiger partial charge in [-0.1, -0.05) is 57.4 Å². The summed E-state index contributed by atoms with van der Waals surface area (Å²) in [4.78, 5) is 38.0. The second kappa shape index (κ2) is 12.6. The molecule has 0 heterocycles. The zero-order valence-electron chi connectivity index (χ0n) is 21.0. The van der Waals surface area contributed by atoms with Gasteiger partial charge in [0.25, 0.3) is 11.8 Å². The summed E-state index contributed by atoms with van der Waals surface area (Å²) < 4.78 is 6.89. The first-order valence-electron chi connectivity index (χ1n) is 11.8. The fraction of sp³-hybridized carbons (Fsp3) is 0.0667. The number of ether oxygens (including phenoxy) is 1. The van der Waals surface area contributed by atoms with Gasteiger partial charge in [-0.3, -0.25) is 9.59 Å². The molecule has 4 aromatic rings. The number of rotatable bonds is 7. The Kier molecular flexibility index (Phi) is 9.06. The third-order valence-electron chi connectivity index (χ3n) is 5.59. The van der Waals surface area contributed by atoms with E-state index in [0.29, 0.717) is 36.9 Å². The van der Waals surface area contributed by atoms with E-state index in [-0.39, 0.29) is 11.7 Å². The van der Waals surface area contributed by atoms with E-state index < -0.39 is 11.9 Å². The number of esters is 1. The summed E-state index contributed by atoms with van der Waals surface area (Å²) in [7, 11) is 0. The van der Waals surface area contributed by atoms with E-state index >= 15 is 0 Å². The Bertz CT molecular complexity index is 1570. The van der Waals surface area contributed by atoms with Crippen molar-refractivity contribution in [3.05, 3.63) is 127 Å². The van der Waals surface area contributed by atoms with Gasteiger partial charge in [0, 0.05) is 26.9 Å². The van der Waals surface area contributed by atoms with Crippen molar-refractivity contribution in [2.24, 2.45) is 5.10 Å². The quantitative estimate of drug-likeness (QED) is 0.0970. The first-order valence-corrected chi connectivity index (χ1v) is 13.4. The van der Waals surface area contributed by atoms with Crippen LogP contribution in [0.5, 0.6) is 5.75 Å². The summed E-state index contributed by atoms with van der Waals surface area (Å²) in [5.41, 5.74) is 6.69. The van der Waals surface area contributed by atoms with Crippen molar-refractivity contribution < 1.29 is 19.1 Å². The second-order valence-corrected chi connectivity index (χ2v) is 10.4. The molecule has 4 rings (SSSR count). The van der Waals surface area contributed by atoms with E-state index in [1.807, 2.05) is 38.1 Å². The number of hydrogen-bond donors (Lipinski definition) is 2. The van der Waals surface area contributed by atoms with Crippen LogP contribution < -0.4 is 15.5 Å². The van der Waals surface area contributed by atoms with Gasteiger partial charge >= 0.3 is 5.97 Å². The van der Waals surface area contributed by atoms with Crippen molar-refractivity contribution in [2.45, 2.75) is 13.8 Å². The van der Waals surface area contributed by atoms with E-state index in [1.165, 1.54) is 6.21 Å². The first kappa shape index (κ1) is 27.9. The van der Waals surface area contributed by atoms with Crippen LogP contribution in [-0.2, 0) is 0 Å². The number of halogens is 2. The Labute approximate surface area is 242 Å². The highest BCUT2D eigenvalue weighted by Crippen LogP contribution is 2.32. The van der Waals surface area contributed by atoms with Crippen molar-refractivity contribution in [1.82, 2.24) is 5.43 Å². The molecule has 0 aliphatic rings. The SMILES string of the molecule is Cc1ccc(C(=O)Nc2cccc(C(=O)NN=Cc3cc(Br)cc(Br)c3OC(=O)c3ccc(C)cc3)c2)cc1. The average Bonchev–Trinajstić information content (AvgIpc) is 2.91. The maximum Gasteiger partial charge on any atom is 0.343 e. The second-order valence-electron chi connectivity index (χ2n) is 8.66. The molecule has 0 aliphatic carbocycles. The number of nitrogens with zero attached hydrogens (tertiary/aromatic N) is 1. The Hall–Kier alpha value is -4.08. The summed E-state index contributed by atoms with van der Waals surface area (Å²) >= 11 is 6.84.